The summed E-state index contributed by atoms with van der Waals surface area (Å²) in [6.45, 7) is 1.56. The van der Waals surface area contributed by atoms with Crippen molar-refractivity contribution in [2.75, 3.05) is 13.1 Å². The summed E-state index contributed by atoms with van der Waals surface area (Å²) in [6, 6.07) is 7.65. The fourth-order valence-electron chi connectivity index (χ4n) is 3.61. The number of likely N-dealkylation sites (tertiary alicyclic amines) is 1. The highest BCUT2D eigenvalue weighted by Gasteiger charge is 2.31. The highest BCUT2D eigenvalue weighted by Crippen LogP contribution is 2.27. The minimum Gasteiger partial charge on any atom is -0.490 e. The second-order valence-electron chi connectivity index (χ2n) is 6.72. The van der Waals surface area contributed by atoms with Crippen LogP contribution in [-0.2, 0) is 4.79 Å². The van der Waals surface area contributed by atoms with E-state index in [1.807, 2.05) is 29.2 Å². The summed E-state index contributed by atoms with van der Waals surface area (Å²) in [5.41, 5.74) is 6.01. The van der Waals surface area contributed by atoms with E-state index in [-0.39, 0.29) is 18.1 Å². The fourth-order valence-corrected chi connectivity index (χ4v) is 3.74. The zero-order valence-electron chi connectivity index (χ0n) is 13.4. The van der Waals surface area contributed by atoms with Gasteiger partial charge in [-0.05, 0) is 43.5 Å². The van der Waals surface area contributed by atoms with E-state index in [0.29, 0.717) is 10.9 Å². The predicted molar refractivity (Wildman–Crippen MR) is 91.6 cm³/mol. The van der Waals surface area contributed by atoms with Crippen LogP contribution >= 0.6 is 11.6 Å². The molecular weight excluding hydrogens is 312 g/mol. The molecule has 4 nitrogen and oxygen atoms in total. The number of hydrogen-bond donors (Lipinski definition) is 1. The van der Waals surface area contributed by atoms with E-state index in [1.54, 1.807) is 0 Å². The molecule has 1 aliphatic heterocycles. The van der Waals surface area contributed by atoms with E-state index in [9.17, 15) is 4.79 Å². The molecule has 1 amide bonds. The third-order valence-electron chi connectivity index (χ3n) is 4.93. The number of carbonyl (C=O) groups is 1. The predicted octanol–water partition coefficient (Wildman–Crippen LogP) is 3.23. The van der Waals surface area contributed by atoms with Crippen LogP contribution in [0.15, 0.2) is 24.3 Å². The van der Waals surface area contributed by atoms with E-state index in [0.717, 1.165) is 57.4 Å². The summed E-state index contributed by atoms with van der Waals surface area (Å²) in [5.74, 6) is 1.27. The lowest BCUT2D eigenvalue weighted by Crippen LogP contribution is -2.46. The first-order chi connectivity index (χ1) is 11.1. The van der Waals surface area contributed by atoms with Gasteiger partial charge in [0.2, 0.25) is 5.91 Å². The zero-order valence-corrected chi connectivity index (χ0v) is 14.2. The van der Waals surface area contributed by atoms with Crippen molar-refractivity contribution in [1.82, 2.24) is 4.90 Å². The molecule has 0 radical (unpaired) electrons. The molecule has 3 rings (SSSR count). The molecule has 23 heavy (non-hydrogen) atoms. The van der Waals surface area contributed by atoms with Gasteiger partial charge in [0.15, 0.2) is 0 Å². The van der Waals surface area contributed by atoms with E-state index in [4.69, 9.17) is 22.1 Å². The number of ether oxygens (including phenoxy) is 1. The molecule has 2 fully saturated rings. The molecule has 1 saturated heterocycles. The van der Waals surface area contributed by atoms with Gasteiger partial charge in [0, 0.05) is 42.9 Å². The third-order valence-corrected chi connectivity index (χ3v) is 5.19. The Morgan fingerprint density at radius 1 is 1.13 bits per heavy atom. The normalized spacial score (nSPS) is 26.1. The quantitative estimate of drug-likeness (QED) is 0.922. The monoisotopic (exact) mass is 336 g/mol. The van der Waals surface area contributed by atoms with Gasteiger partial charge in [-0.25, -0.2) is 0 Å². The van der Waals surface area contributed by atoms with Crippen molar-refractivity contribution in [1.29, 1.82) is 0 Å². The number of rotatable bonds is 3. The topological polar surface area (TPSA) is 55.6 Å². The summed E-state index contributed by atoms with van der Waals surface area (Å²) in [4.78, 5) is 14.6. The molecule has 1 saturated carbocycles. The van der Waals surface area contributed by atoms with E-state index >= 15 is 0 Å². The molecule has 2 N–H and O–H groups in total. The Kier molecular flexibility index (Phi) is 5.44. The molecule has 1 aromatic carbocycles. The van der Waals surface area contributed by atoms with E-state index < -0.39 is 0 Å². The first kappa shape index (κ1) is 16.6. The van der Waals surface area contributed by atoms with Crippen LogP contribution in [0.5, 0.6) is 5.75 Å². The van der Waals surface area contributed by atoms with Crippen LogP contribution in [0, 0.1) is 5.92 Å². The molecule has 1 aliphatic carbocycles. The van der Waals surface area contributed by atoms with Crippen molar-refractivity contribution in [3.05, 3.63) is 29.3 Å². The maximum absolute atomic E-state index is 12.6. The van der Waals surface area contributed by atoms with Crippen molar-refractivity contribution >= 4 is 17.5 Å². The van der Waals surface area contributed by atoms with Crippen molar-refractivity contribution in [2.45, 2.75) is 50.7 Å². The average molecular weight is 337 g/mol. The summed E-state index contributed by atoms with van der Waals surface area (Å²) >= 11 is 5.88. The second kappa shape index (κ2) is 7.54. The Morgan fingerprint density at radius 2 is 1.83 bits per heavy atom. The molecule has 1 aromatic rings. The zero-order chi connectivity index (χ0) is 16.2. The van der Waals surface area contributed by atoms with Gasteiger partial charge < -0.3 is 15.4 Å². The fraction of sp³-hybridized carbons (Fsp3) is 0.611. The molecule has 2 aliphatic rings. The highest BCUT2D eigenvalue weighted by molar-refractivity contribution is 6.30. The van der Waals surface area contributed by atoms with Crippen LogP contribution in [0.3, 0.4) is 0 Å². The van der Waals surface area contributed by atoms with Gasteiger partial charge in [0.25, 0.3) is 0 Å². The first-order valence-electron chi connectivity index (χ1n) is 8.58. The summed E-state index contributed by atoms with van der Waals surface area (Å²) in [5, 5.41) is 0.712. The second-order valence-corrected chi connectivity index (χ2v) is 7.16. The molecule has 0 bridgehead atoms. The maximum Gasteiger partial charge on any atom is 0.225 e. The lowest BCUT2D eigenvalue weighted by atomic mass is 9.85. The largest absolute Gasteiger partial charge is 0.490 e. The van der Waals surface area contributed by atoms with Gasteiger partial charge in [0.1, 0.15) is 11.9 Å². The Morgan fingerprint density at radius 3 is 2.48 bits per heavy atom. The first-order valence-corrected chi connectivity index (χ1v) is 8.96. The van der Waals surface area contributed by atoms with E-state index in [1.165, 1.54) is 0 Å². The van der Waals surface area contributed by atoms with Crippen LogP contribution in [-0.4, -0.2) is 36.0 Å². The van der Waals surface area contributed by atoms with Crippen LogP contribution in [0.1, 0.15) is 38.5 Å². The highest BCUT2D eigenvalue weighted by atomic mass is 35.5. The van der Waals surface area contributed by atoms with Gasteiger partial charge >= 0.3 is 0 Å². The summed E-state index contributed by atoms with van der Waals surface area (Å²) in [6.07, 6.45) is 5.91. The number of nitrogens with zero attached hydrogens (tertiary/aromatic N) is 1. The number of carbonyl (C=O) groups excluding carboxylic acids is 1. The summed E-state index contributed by atoms with van der Waals surface area (Å²) in [7, 11) is 0. The third kappa shape index (κ3) is 4.39. The number of benzene rings is 1. The van der Waals surface area contributed by atoms with Crippen LogP contribution in [0.2, 0.25) is 5.02 Å². The van der Waals surface area contributed by atoms with Gasteiger partial charge in [-0.1, -0.05) is 18.0 Å². The molecule has 1 heterocycles. The minimum absolute atomic E-state index is 0.132. The SMILES string of the molecule is N[C@H]1CCC[C@@H](C(=O)N2CCC(Oc3ccc(Cl)cc3)CC2)C1. The number of piperidine rings is 1. The number of amides is 1. The number of halogens is 1. The van der Waals surface area contributed by atoms with Gasteiger partial charge in [-0.15, -0.1) is 0 Å². The molecule has 0 unspecified atom stereocenters. The van der Waals surface area contributed by atoms with E-state index in [2.05, 4.69) is 0 Å². The summed E-state index contributed by atoms with van der Waals surface area (Å²) < 4.78 is 5.98. The lowest BCUT2D eigenvalue weighted by molar-refractivity contribution is -0.138. The Balaban J connectivity index is 1.48. The maximum atomic E-state index is 12.6. The van der Waals surface area contributed by atoms with Crippen molar-refractivity contribution in [3.63, 3.8) is 0 Å². The Labute approximate surface area is 142 Å². The molecule has 0 spiro atoms. The smallest absolute Gasteiger partial charge is 0.225 e. The molecule has 0 aromatic heterocycles. The number of nitrogens with two attached hydrogens (primary N) is 1. The molecule has 126 valence electrons. The van der Waals surface area contributed by atoms with Crippen LogP contribution in [0.25, 0.3) is 0 Å². The Bertz CT molecular complexity index is 526. The van der Waals surface area contributed by atoms with Crippen molar-refractivity contribution in [2.24, 2.45) is 11.7 Å². The molecular formula is C18H25ClN2O2. The van der Waals surface area contributed by atoms with Crippen molar-refractivity contribution in [3.8, 4) is 5.75 Å². The van der Waals surface area contributed by atoms with Crippen LogP contribution in [0.4, 0.5) is 0 Å². The minimum atomic E-state index is 0.132. The number of hydrogen-bond acceptors (Lipinski definition) is 3. The van der Waals surface area contributed by atoms with Gasteiger partial charge in [-0.3, -0.25) is 4.79 Å². The Hall–Kier alpha value is -1.26. The molecule has 2 atom stereocenters. The van der Waals surface area contributed by atoms with Gasteiger partial charge in [0.05, 0.1) is 0 Å². The van der Waals surface area contributed by atoms with Gasteiger partial charge in [-0.2, -0.15) is 0 Å². The van der Waals surface area contributed by atoms with Crippen LogP contribution < -0.4 is 10.5 Å². The molecule has 5 heteroatoms. The lowest BCUT2D eigenvalue weighted by Gasteiger charge is -2.36. The standard InChI is InChI=1S/C18H25ClN2O2/c19-14-4-6-16(7-5-14)23-17-8-10-21(11-9-17)18(22)13-2-1-3-15(20)12-13/h4-7,13,15,17H,1-3,8-12,20H2/t13-,15+/m1/s1. The average Bonchev–Trinajstić information content (AvgIpc) is 2.57. The van der Waals surface area contributed by atoms with Crippen molar-refractivity contribution < 1.29 is 9.53 Å².